The van der Waals surface area contributed by atoms with Gasteiger partial charge >= 0.3 is 0 Å². The number of benzene rings is 3. The Morgan fingerprint density at radius 3 is 2.50 bits per heavy atom. The Kier molecular flexibility index (Phi) is 8.46. The maximum atomic E-state index is 15.6. The Hall–Kier alpha value is -4.16. The van der Waals surface area contributed by atoms with E-state index in [1.807, 2.05) is 18.2 Å². The van der Waals surface area contributed by atoms with Gasteiger partial charge in [0, 0.05) is 56.8 Å². The maximum absolute atomic E-state index is 15.6. The molecular formula is C33H26ClFIN5O3. The summed E-state index contributed by atoms with van der Waals surface area (Å²) < 4.78 is 17.1. The number of rotatable bonds is 7. The van der Waals surface area contributed by atoms with Crippen LogP contribution >= 0.6 is 34.2 Å². The van der Waals surface area contributed by atoms with Crippen LogP contribution in [0.3, 0.4) is 0 Å². The summed E-state index contributed by atoms with van der Waals surface area (Å²) in [5, 5.41) is 3.81. The van der Waals surface area contributed by atoms with Crippen LogP contribution in [0.1, 0.15) is 30.1 Å². The van der Waals surface area contributed by atoms with Crippen LogP contribution in [-0.4, -0.2) is 47.1 Å². The molecule has 6 rings (SSSR count). The average molecular weight is 722 g/mol. The third kappa shape index (κ3) is 5.71. The van der Waals surface area contributed by atoms with Gasteiger partial charge in [-0.3, -0.25) is 14.4 Å². The molecule has 2 atom stereocenters. The van der Waals surface area contributed by atoms with Gasteiger partial charge in [-0.2, -0.15) is 0 Å². The number of carbonyl (C=O) groups is 3. The number of amides is 2. The minimum atomic E-state index is -0.786. The van der Waals surface area contributed by atoms with E-state index in [0.29, 0.717) is 39.9 Å². The van der Waals surface area contributed by atoms with E-state index < -0.39 is 17.8 Å². The number of halogens is 3. The molecule has 1 saturated heterocycles. The van der Waals surface area contributed by atoms with Crippen LogP contribution < -0.4 is 5.32 Å². The summed E-state index contributed by atoms with van der Waals surface area (Å²) in [5.74, 6) is -1.48. The summed E-state index contributed by atoms with van der Waals surface area (Å²) in [6, 6.07) is 16.5. The van der Waals surface area contributed by atoms with Crippen molar-refractivity contribution in [2.75, 3.05) is 5.32 Å². The molecule has 44 heavy (non-hydrogen) atoms. The fourth-order valence-electron chi connectivity index (χ4n) is 5.65. The van der Waals surface area contributed by atoms with Crippen molar-refractivity contribution in [1.82, 2.24) is 19.4 Å². The first-order chi connectivity index (χ1) is 21.2. The molecule has 0 saturated carbocycles. The predicted octanol–water partition coefficient (Wildman–Crippen LogP) is 7.15. The van der Waals surface area contributed by atoms with E-state index in [0.717, 1.165) is 11.1 Å². The van der Waals surface area contributed by atoms with Crippen molar-refractivity contribution in [3.05, 3.63) is 102 Å². The number of Topliss-reactive ketones (excluding diaryl/α,β-unsaturated/α-hetero) is 1. The molecule has 1 N–H and O–H groups in total. The van der Waals surface area contributed by atoms with E-state index in [1.54, 1.807) is 64.5 Å². The summed E-state index contributed by atoms with van der Waals surface area (Å²) in [6.45, 7) is 1.41. The second-order valence-corrected chi connectivity index (χ2v) is 12.4. The Morgan fingerprint density at radius 2 is 1.75 bits per heavy atom. The number of alkyl halides is 1. The fourth-order valence-corrected chi connectivity index (χ4v) is 6.95. The first-order valence-electron chi connectivity index (χ1n) is 13.9. The first kappa shape index (κ1) is 29.9. The minimum absolute atomic E-state index is 0.0128. The quantitative estimate of drug-likeness (QED) is 0.0834. The molecule has 1 fully saturated rings. The van der Waals surface area contributed by atoms with E-state index in [2.05, 4.69) is 37.9 Å². The summed E-state index contributed by atoms with van der Waals surface area (Å²) in [7, 11) is 0. The highest BCUT2D eigenvalue weighted by Gasteiger charge is 2.40. The Balaban J connectivity index is 1.25. The lowest BCUT2D eigenvalue weighted by atomic mass is 10.0. The molecule has 0 radical (unpaired) electrons. The van der Waals surface area contributed by atoms with Crippen LogP contribution in [0.15, 0.2) is 85.6 Å². The van der Waals surface area contributed by atoms with Gasteiger partial charge in [0.15, 0.2) is 11.6 Å². The van der Waals surface area contributed by atoms with Crippen molar-refractivity contribution in [2.45, 2.75) is 36.4 Å². The van der Waals surface area contributed by atoms with Crippen molar-refractivity contribution in [3.8, 4) is 22.3 Å². The lowest BCUT2D eigenvalue weighted by molar-refractivity contribution is -0.137. The van der Waals surface area contributed by atoms with E-state index in [9.17, 15) is 14.4 Å². The molecule has 1 aliphatic heterocycles. The van der Waals surface area contributed by atoms with E-state index in [-0.39, 0.29) is 33.5 Å². The lowest BCUT2D eigenvalue weighted by Gasteiger charge is -2.27. The molecule has 0 bridgehead atoms. The number of nitrogens with one attached hydrogen (secondary N) is 1. The number of nitrogens with zero attached hydrogens (tertiary/aromatic N) is 4. The van der Waals surface area contributed by atoms with E-state index in [1.165, 1.54) is 19.3 Å². The highest BCUT2D eigenvalue weighted by Crippen LogP contribution is 2.35. The van der Waals surface area contributed by atoms with Crippen molar-refractivity contribution in [1.29, 1.82) is 0 Å². The fraction of sp³-hybridized carbons (Fsp3) is 0.182. The number of ketones is 1. The maximum Gasteiger partial charge on any atom is 0.247 e. The average Bonchev–Trinajstić information content (AvgIpc) is 3.59. The largest absolute Gasteiger partial charge is 0.337 e. The summed E-state index contributed by atoms with van der Waals surface area (Å²) in [6.07, 6.45) is 7.57. The van der Waals surface area contributed by atoms with Crippen LogP contribution in [0.4, 0.5) is 10.1 Å². The van der Waals surface area contributed by atoms with Gasteiger partial charge in [0.1, 0.15) is 18.9 Å². The number of fused-ring (bicyclic) bond motifs is 1. The van der Waals surface area contributed by atoms with Crippen molar-refractivity contribution < 1.29 is 18.8 Å². The van der Waals surface area contributed by atoms with Gasteiger partial charge in [-0.1, -0.05) is 70.6 Å². The number of anilines is 1. The monoisotopic (exact) mass is 721 g/mol. The van der Waals surface area contributed by atoms with Gasteiger partial charge in [-0.15, -0.1) is 0 Å². The van der Waals surface area contributed by atoms with Crippen LogP contribution in [0.5, 0.6) is 0 Å². The molecule has 11 heteroatoms. The van der Waals surface area contributed by atoms with E-state index >= 15 is 4.39 Å². The number of likely N-dealkylation sites (tertiary alicyclic amines) is 1. The summed E-state index contributed by atoms with van der Waals surface area (Å²) in [4.78, 5) is 49.6. The third-order valence-corrected chi connectivity index (χ3v) is 9.34. The Labute approximate surface area is 271 Å². The molecule has 222 valence electrons. The van der Waals surface area contributed by atoms with Gasteiger partial charge in [0.05, 0.1) is 9.74 Å². The van der Waals surface area contributed by atoms with Gasteiger partial charge in [0.25, 0.3) is 0 Å². The van der Waals surface area contributed by atoms with Gasteiger partial charge in [-0.25, -0.2) is 14.4 Å². The number of hydrogen-bond donors (Lipinski definition) is 1. The lowest BCUT2D eigenvalue weighted by Crippen LogP contribution is -2.46. The molecule has 0 aliphatic carbocycles. The van der Waals surface area contributed by atoms with Gasteiger partial charge in [-0.05, 0) is 49.6 Å². The molecule has 3 heterocycles. The normalized spacial score (nSPS) is 16.3. The third-order valence-electron chi connectivity index (χ3n) is 7.79. The zero-order valence-electron chi connectivity index (χ0n) is 23.5. The van der Waals surface area contributed by atoms with Crippen molar-refractivity contribution in [2.24, 2.45) is 0 Å². The molecule has 0 spiro atoms. The molecule has 3 aromatic carbocycles. The zero-order chi connectivity index (χ0) is 31.0. The standard InChI is InChI=1S/C33H26ClFIN5O3/c1-19(42)25-16-40(28-10-9-20(13-24(25)28)21-14-37-18-38-15-21)17-31(43)41-29(11-12-30(41)36)33(44)39-27-8-4-6-23(32(27)35)22-5-2-3-7-26(22)34/h2-10,13-16,18,29-30H,11-12,17H2,1H3,(H,39,44)/t29-,30-/m0/s1. The van der Waals surface area contributed by atoms with Crippen LogP contribution in [-0.2, 0) is 16.1 Å². The Bertz CT molecular complexity index is 1910. The predicted molar refractivity (Wildman–Crippen MR) is 176 cm³/mol. The summed E-state index contributed by atoms with van der Waals surface area (Å²) >= 11 is 8.46. The smallest absolute Gasteiger partial charge is 0.247 e. The van der Waals surface area contributed by atoms with Gasteiger partial charge in [0.2, 0.25) is 11.8 Å². The van der Waals surface area contributed by atoms with E-state index in [4.69, 9.17) is 11.6 Å². The molecule has 1 aliphatic rings. The first-order valence-corrected chi connectivity index (χ1v) is 15.5. The number of hydrogen-bond acceptors (Lipinski definition) is 5. The highest BCUT2D eigenvalue weighted by molar-refractivity contribution is 14.1. The number of carbonyl (C=O) groups excluding carboxylic acids is 3. The number of aromatic nitrogens is 3. The second kappa shape index (κ2) is 12.4. The molecule has 0 unspecified atom stereocenters. The minimum Gasteiger partial charge on any atom is -0.337 e. The SMILES string of the molecule is CC(=O)c1cn(CC(=O)N2[C@H](I)CC[C@H]2C(=O)Nc2cccc(-c3ccccc3Cl)c2F)c2ccc(-c3cncnc3)cc12. The Morgan fingerprint density at radius 1 is 1.00 bits per heavy atom. The molecule has 8 nitrogen and oxygen atoms in total. The van der Waals surface area contributed by atoms with Gasteiger partial charge < -0.3 is 14.8 Å². The van der Waals surface area contributed by atoms with Crippen molar-refractivity contribution >= 4 is 68.4 Å². The van der Waals surface area contributed by atoms with Crippen molar-refractivity contribution in [3.63, 3.8) is 0 Å². The highest BCUT2D eigenvalue weighted by atomic mass is 127. The zero-order valence-corrected chi connectivity index (χ0v) is 26.4. The molecule has 5 aromatic rings. The molecule has 2 aromatic heterocycles. The summed E-state index contributed by atoms with van der Waals surface area (Å²) in [5.41, 5.74) is 3.65. The molecule has 2 amide bonds. The van der Waals surface area contributed by atoms with Crippen LogP contribution in [0.25, 0.3) is 33.2 Å². The van der Waals surface area contributed by atoms with Crippen LogP contribution in [0.2, 0.25) is 5.02 Å². The molecular weight excluding hydrogens is 696 g/mol. The second-order valence-electron chi connectivity index (χ2n) is 10.6. The van der Waals surface area contributed by atoms with Crippen LogP contribution in [0, 0.1) is 5.82 Å². The topological polar surface area (TPSA) is 97.2 Å².